The number of epoxide rings is 1. The first kappa shape index (κ1) is 16.5. The molecule has 2 aliphatic heterocycles. The van der Waals surface area contributed by atoms with E-state index in [-0.39, 0.29) is 18.1 Å². The number of fused-ring (bicyclic) bond motifs is 5. The summed E-state index contributed by atoms with van der Waals surface area (Å²) in [5.41, 5.74) is 6.48. The molecule has 0 bridgehead atoms. The quantitative estimate of drug-likeness (QED) is 0.512. The zero-order valence-corrected chi connectivity index (χ0v) is 15.6. The van der Waals surface area contributed by atoms with Crippen molar-refractivity contribution in [1.82, 2.24) is 0 Å². The summed E-state index contributed by atoms with van der Waals surface area (Å²) < 4.78 is 6.07. The largest absolute Gasteiger partial charge is 0.359 e. The Morgan fingerprint density at radius 1 is 0.963 bits per heavy atom. The highest BCUT2D eigenvalue weighted by molar-refractivity contribution is 6.30. The van der Waals surface area contributed by atoms with Gasteiger partial charge in [0.25, 0.3) is 0 Å². The number of nitrogens with zero attached hydrogens (tertiary/aromatic N) is 1. The molecule has 1 fully saturated rings. The minimum absolute atomic E-state index is 0.00925. The lowest BCUT2D eigenvalue weighted by Gasteiger charge is -2.27. The van der Waals surface area contributed by atoms with E-state index in [1.165, 1.54) is 5.56 Å². The van der Waals surface area contributed by atoms with Crippen molar-refractivity contribution < 1.29 is 9.53 Å². The molecule has 2 aliphatic rings. The van der Waals surface area contributed by atoms with E-state index in [1.54, 1.807) is 6.92 Å². The molecule has 0 spiro atoms. The molecular formula is C23H18ClNO2. The monoisotopic (exact) mass is 375 g/mol. The lowest BCUT2D eigenvalue weighted by atomic mass is 9.92. The number of amides is 1. The number of anilines is 1. The molecule has 0 saturated carbocycles. The Labute approximate surface area is 163 Å². The summed E-state index contributed by atoms with van der Waals surface area (Å²) in [6, 6.07) is 22.4. The summed E-state index contributed by atoms with van der Waals surface area (Å²) in [6.45, 7) is 2.13. The topological polar surface area (TPSA) is 32.8 Å². The second-order valence-electron chi connectivity index (χ2n) is 7.07. The second-order valence-corrected chi connectivity index (χ2v) is 7.50. The maximum atomic E-state index is 12.4. The Bertz CT molecular complexity index is 1050. The molecule has 0 aliphatic carbocycles. The fourth-order valence-electron chi connectivity index (χ4n) is 3.93. The fourth-order valence-corrected chi connectivity index (χ4v) is 4.12. The molecule has 2 heterocycles. The number of hydrogen-bond acceptors (Lipinski definition) is 2. The van der Waals surface area contributed by atoms with E-state index in [1.807, 2.05) is 41.3 Å². The minimum Gasteiger partial charge on any atom is -0.359 e. The highest BCUT2D eigenvalue weighted by Gasteiger charge is 2.46. The van der Waals surface area contributed by atoms with Crippen molar-refractivity contribution in [1.29, 1.82) is 0 Å². The van der Waals surface area contributed by atoms with Crippen LogP contribution in [-0.2, 0) is 16.1 Å². The average molecular weight is 376 g/mol. The Hall–Kier alpha value is -2.62. The van der Waals surface area contributed by atoms with Gasteiger partial charge in [0, 0.05) is 17.5 Å². The van der Waals surface area contributed by atoms with E-state index in [2.05, 4.69) is 30.3 Å². The van der Waals surface area contributed by atoms with Crippen molar-refractivity contribution in [3.63, 3.8) is 0 Å². The molecule has 0 aromatic heterocycles. The third-order valence-corrected chi connectivity index (χ3v) is 5.58. The van der Waals surface area contributed by atoms with Gasteiger partial charge in [-0.3, -0.25) is 4.79 Å². The van der Waals surface area contributed by atoms with Crippen LogP contribution >= 0.6 is 11.6 Å². The van der Waals surface area contributed by atoms with Gasteiger partial charge in [0.15, 0.2) is 0 Å². The maximum Gasteiger partial charge on any atom is 0.224 e. The number of hydrogen-bond donors (Lipinski definition) is 0. The predicted molar refractivity (Wildman–Crippen MR) is 107 cm³/mol. The third-order valence-electron chi connectivity index (χ3n) is 5.35. The van der Waals surface area contributed by atoms with Gasteiger partial charge in [-0.15, -0.1) is 0 Å². The fraction of sp³-hybridized carbons (Fsp3) is 0.174. The van der Waals surface area contributed by atoms with Crippen molar-refractivity contribution in [2.75, 3.05) is 4.90 Å². The van der Waals surface area contributed by atoms with Crippen LogP contribution in [0.1, 0.15) is 35.8 Å². The zero-order valence-electron chi connectivity index (χ0n) is 14.9. The molecule has 2 atom stereocenters. The van der Waals surface area contributed by atoms with Crippen LogP contribution in [0.2, 0.25) is 5.02 Å². The van der Waals surface area contributed by atoms with Gasteiger partial charge in [-0.05, 0) is 46.5 Å². The molecule has 27 heavy (non-hydrogen) atoms. The molecule has 0 radical (unpaired) electrons. The van der Waals surface area contributed by atoms with E-state index in [0.29, 0.717) is 11.6 Å². The van der Waals surface area contributed by atoms with Gasteiger partial charge in [0.05, 0.1) is 12.2 Å². The Balaban J connectivity index is 1.64. The van der Waals surface area contributed by atoms with Crippen molar-refractivity contribution in [2.24, 2.45) is 0 Å². The third kappa shape index (κ3) is 2.84. The molecule has 5 rings (SSSR count). The summed E-state index contributed by atoms with van der Waals surface area (Å²) in [5.74, 6) is 0.00996. The molecular weight excluding hydrogens is 358 g/mol. The first-order valence-electron chi connectivity index (χ1n) is 9.03. The van der Waals surface area contributed by atoms with Gasteiger partial charge in [-0.2, -0.15) is 0 Å². The van der Waals surface area contributed by atoms with Gasteiger partial charge >= 0.3 is 0 Å². The Kier molecular flexibility index (Phi) is 3.81. The normalized spacial score (nSPS) is 20.0. The van der Waals surface area contributed by atoms with Gasteiger partial charge in [-0.1, -0.05) is 54.1 Å². The molecule has 2 unspecified atom stereocenters. The van der Waals surface area contributed by atoms with Crippen LogP contribution < -0.4 is 4.90 Å². The van der Waals surface area contributed by atoms with E-state index in [4.69, 9.17) is 16.3 Å². The number of carbonyl (C=O) groups is 1. The van der Waals surface area contributed by atoms with Gasteiger partial charge in [0.1, 0.15) is 12.2 Å². The Morgan fingerprint density at radius 3 is 2.52 bits per heavy atom. The minimum atomic E-state index is -0.0642. The first-order valence-corrected chi connectivity index (χ1v) is 9.41. The van der Waals surface area contributed by atoms with E-state index < -0.39 is 0 Å². The van der Waals surface area contributed by atoms with E-state index >= 15 is 0 Å². The molecule has 3 aromatic rings. The number of benzene rings is 3. The molecule has 3 aromatic carbocycles. The SMILES string of the molecule is CC(=O)N1Cc2ccc(-c3ccccc3)cc2C2OC2c2cc(Cl)ccc21. The van der Waals surface area contributed by atoms with Crippen LogP contribution in [0.3, 0.4) is 0 Å². The van der Waals surface area contributed by atoms with Crippen LogP contribution in [0.5, 0.6) is 0 Å². The molecule has 3 nitrogen and oxygen atoms in total. The lowest BCUT2D eigenvalue weighted by Crippen LogP contribution is -2.30. The smallest absolute Gasteiger partial charge is 0.224 e. The van der Waals surface area contributed by atoms with E-state index in [9.17, 15) is 4.79 Å². The first-order chi connectivity index (χ1) is 13.1. The standard InChI is InChI=1S/C23H18ClNO2/c1-14(26)25-13-17-8-7-16(15-5-3-2-4-6-15)11-19(17)22-23(27-22)20-12-18(24)9-10-21(20)25/h2-12,22-23H,13H2,1H3. The molecule has 4 heteroatoms. The van der Waals surface area contributed by atoms with E-state index in [0.717, 1.165) is 27.9 Å². The van der Waals surface area contributed by atoms with Crippen LogP contribution in [-0.4, -0.2) is 5.91 Å². The molecule has 134 valence electrons. The van der Waals surface area contributed by atoms with Crippen LogP contribution in [0.25, 0.3) is 11.1 Å². The zero-order chi connectivity index (χ0) is 18.5. The Morgan fingerprint density at radius 2 is 1.74 bits per heavy atom. The highest BCUT2D eigenvalue weighted by atomic mass is 35.5. The van der Waals surface area contributed by atoms with Crippen molar-refractivity contribution >= 4 is 23.2 Å². The summed E-state index contributed by atoms with van der Waals surface area (Å²) in [5, 5.41) is 0.658. The van der Waals surface area contributed by atoms with Crippen molar-refractivity contribution in [3.8, 4) is 11.1 Å². The van der Waals surface area contributed by atoms with Crippen molar-refractivity contribution in [2.45, 2.75) is 25.7 Å². The second kappa shape index (κ2) is 6.22. The molecule has 1 amide bonds. The number of carbonyl (C=O) groups excluding carboxylic acids is 1. The van der Waals surface area contributed by atoms with Gasteiger partial charge in [0.2, 0.25) is 5.91 Å². The van der Waals surface area contributed by atoms with Crippen LogP contribution in [0, 0.1) is 0 Å². The van der Waals surface area contributed by atoms with Gasteiger partial charge in [-0.25, -0.2) is 0 Å². The summed E-state index contributed by atoms with van der Waals surface area (Å²) in [6.07, 6.45) is -0.0550. The van der Waals surface area contributed by atoms with Crippen LogP contribution in [0.15, 0.2) is 66.7 Å². The highest BCUT2D eigenvalue weighted by Crippen LogP contribution is 2.56. The van der Waals surface area contributed by atoms with Crippen molar-refractivity contribution in [3.05, 3.63) is 88.4 Å². The molecule has 1 saturated heterocycles. The lowest BCUT2D eigenvalue weighted by molar-refractivity contribution is -0.116. The number of rotatable bonds is 1. The van der Waals surface area contributed by atoms with Gasteiger partial charge < -0.3 is 9.64 Å². The summed E-state index contributed by atoms with van der Waals surface area (Å²) >= 11 is 6.23. The maximum absolute atomic E-state index is 12.4. The average Bonchev–Trinajstić information content (AvgIpc) is 3.46. The van der Waals surface area contributed by atoms with Crippen LogP contribution in [0.4, 0.5) is 5.69 Å². The number of ether oxygens (including phenoxy) is 1. The molecule has 0 N–H and O–H groups in total. The number of halogens is 1. The summed E-state index contributed by atoms with van der Waals surface area (Å²) in [7, 11) is 0. The predicted octanol–water partition coefficient (Wildman–Crippen LogP) is 5.69. The summed E-state index contributed by atoms with van der Waals surface area (Å²) in [4.78, 5) is 14.2.